The van der Waals surface area contributed by atoms with Crippen molar-refractivity contribution in [2.75, 3.05) is 0 Å². The van der Waals surface area contributed by atoms with Crippen LogP contribution in [0.25, 0.3) is 134 Å². The van der Waals surface area contributed by atoms with E-state index in [1.165, 1.54) is 117 Å². The Labute approximate surface area is 380 Å². The van der Waals surface area contributed by atoms with Gasteiger partial charge in [-0.1, -0.05) is 127 Å². The smallest absolute Gasteiger partial charge is 0.0542 e. The average molecular weight is 862 g/mol. The Bertz CT molecular complexity index is 4220. The molecule has 0 aliphatic carbocycles. The van der Waals surface area contributed by atoms with Crippen LogP contribution in [0.3, 0.4) is 0 Å². The molecule has 3 nitrogen and oxygen atoms in total. The number of benzene rings is 10. The van der Waals surface area contributed by atoms with Gasteiger partial charge < -0.3 is 13.7 Å². The Hall–Kier alpha value is -7.96. The van der Waals surface area contributed by atoms with E-state index in [0.717, 1.165) is 17.1 Å². The topological polar surface area (TPSA) is 14.8 Å². The molecule has 0 radical (unpaired) electrons. The Morgan fingerprint density at radius 1 is 0.231 bits per heavy atom. The van der Waals surface area contributed by atoms with Crippen LogP contribution in [-0.2, 0) is 0 Å². The number of fused-ring (bicyclic) bond motifs is 15. The summed E-state index contributed by atoms with van der Waals surface area (Å²) in [5.74, 6) is 0. The van der Waals surface area contributed by atoms with Crippen LogP contribution in [0.15, 0.2) is 212 Å². The maximum absolute atomic E-state index is 2.49. The molecule has 0 amide bonds. The van der Waals surface area contributed by atoms with E-state index in [2.05, 4.69) is 226 Å². The molecule has 5 heterocycles. The fraction of sp³-hybridized carbons (Fsp3) is 0. The van der Waals surface area contributed by atoms with Gasteiger partial charge in [-0.2, -0.15) is 0 Å². The first-order valence-corrected chi connectivity index (χ1v) is 23.8. The standard InChI is InChI=1S/C60H35N3S2/c1-6-22-51-39(13-1)40-14-2-7-23-52(40)61(51)36-27-30-55-48(33-36)49-34-37(62-53-24-8-3-15-41(53)42-16-4-9-25-54(42)62)28-31-56(49)63(55)38-29-32-58-50(35-38)47-21-12-20-46(60(47)65-58)45-19-11-18-44-43-17-5-10-26-57(43)64-59(44)45/h1-35H. The average Bonchev–Trinajstić information content (AvgIpc) is 4.17. The number of thiophene rings is 2. The normalized spacial score (nSPS) is 12.3. The number of para-hydroxylation sites is 4. The van der Waals surface area contributed by atoms with Crippen molar-refractivity contribution in [2.24, 2.45) is 0 Å². The molecular formula is C60H35N3S2. The van der Waals surface area contributed by atoms with Gasteiger partial charge in [0, 0.05) is 101 Å². The third-order valence-corrected chi connectivity index (χ3v) is 16.3. The van der Waals surface area contributed by atoms with Crippen LogP contribution in [0.5, 0.6) is 0 Å². The summed E-state index contributed by atoms with van der Waals surface area (Å²) in [5.41, 5.74) is 13.3. The van der Waals surface area contributed by atoms with Gasteiger partial charge in [0.2, 0.25) is 0 Å². The van der Waals surface area contributed by atoms with E-state index in [0.29, 0.717) is 0 Å². The van der Waals surface area contributed by atoms with Crippen molar-refractivity contribution in [3.05, 3.63) is 212 Å². The van der Waals surface area contributed by atoms with E-state index in [-0.39, 0.29) is 0 Å². The number of rotatable bonds is 4. The van der Waals surface area contributed by atoms with Crippen LogP contribution in [0, 0.1) is 0 Å². The first kappa shape index (κ1) is 35.5. The van der Waals surface area contributed by atoms with Crippen molar-refractivity contribution in [1.82, 2.24) is 13.7 Å². The molecule has 0 N–H and O–H groups in total. The van der Waals surface area contributed by atoms with Crippen molar-refractivity contribution in [3.63, 3.8) is 0 Å². The van der Waals surface area contributed by atoms with Crippen LogP contribution >= 0.6 is 22.7 Å². The van der Waals surface area contributed by atoms with E-state index in [9.17, 15) is 0 Å². The number of hydrogen-bond acceptors (Lipinski definition) is 2. The van der Waals surface area contributed by atoms with Crippen LogP contribution in [-0.4, -0.2) is 13.7 Å². The van der Waals surface area contributed by atoms with Crippen LogP contribution in [0.2, 0.25) is 0 Å². The number of hydrogen-bond donors (Lipinski definition) is 0. The lowest BCUT2D eigenvalue weighted by atomic mass is 10.0. The molecule has 15 rings (SSSR count). The molecule has 0 aliphatic heterocycles. The van der Waals surface area contributed by atoms with E-state index >= 15 is 0 Å². The molecule has 10 aromatic carbocycles. The van der Waals surface area contributed by atoms with Gasteiger partial charge in [-0.15, -0.1) is 22.7 Å². The molecule has 0 saturated carbocycles. The molecule has 0 aliphatic rings. The molecule has 302 valence electrons. The molecular weight excluding hydrogens is 827 g/mol. The predicted molar refractivity (Wildman–Crippen MR) is 281 cm³/mol. The van der Waals surface area contributed by atoms with E-state index in [4.69, 9.17) is 0 Å². The molecule has 0 spiro atoms. The maximum atomic E-state index is 2.49. The Kier molecular flexibility index (Phi) is 7.26. The third-order valence-electron chi connectivity index (χ3n) is 13.8. The molecule has 65 heavy (non-hydrogen) atoms. The van der Waals surface area contributed by atoms with Crippen molar-refractivity contribution >= 4 is 128 Å². The quantitative estimate of drug-likeness (QED) is 0.167. The molecule has 0 atom stereocenters. The van der Waals surface area contributed by atoms with Gasteiger partial charge in [-0.05, 0) is 84.9 Å². The van der Waals surface area contributed by atoms with Gasteiger partial charge in [-0.25, -0.2) is 0 Å². The van der Waals surface area contributed by atoms with E-state index in [1.54, 1.807) is 0 Å². The molecule has 0 bridgehead atoms. The summed E-state index contributed by atoms with van der Waals surface area (Å²) in [6.45, 7) is 0. The summed E-state index contributed by atoms with van der Waals surface area (Å²) in [5, 5.41) is 12.7. The highest BCUT2D eigenvalue weighted by atomic mass is 32.1. The second-order valence-corrected chi connectivity index (χ2v) is 19.3. The van der Waals surface area contributed by atoms with Gasteiger partial charge in [-0.3, -0.25) is 0 Å². The SMILES string of the molecule is c1ccc2c(c1)sc1c(-c3cccc4c3sc3ccc(-n5c6ccc(-n7c8ccccc8c8ccccc87)cc6c6cc(-n7c8ccccc8c8ccccc87)ccc65)cc34)cccc12. The Morgan fingerprint density at radius 2 is 0.569 bits per heavy atom. The Balaban J connectivity index is 0.979. The van der Waals surface area contributed by atoms with Gasteiger partial charge >= 0.3 is 0 Å². The van der Waals surface area contributed by atoms with Gasteiger partial charge in [0.05, 0.1) is 33.1 Å². The summed E-state index contributed by atoms with van der Waals surface area (Å²) in [4.78, 5) is 0. The number of nitrogens with zero attached hydrogens (tertiary/aromatic N) is 3. The zero-order valence-corrected chi connectivity index (χ0v) is 36.5. The largest absolute Gasteiger partial charge is 0.309 e. The minimum Gasteiger partial charge on any atom is -0.309 e. The summed E-state index contributed by atoms with van der Waals surface area (Å²) >= 11 is 3.81. The zero-order valence-electron chi connectivity index (χ0n) is 34.9. The van der Waals surface area contributed by atoms with Crippen molar-refractivity contribution in [3.8, 4) is 28.2 Å². The van der Waals surface area contributed by atoms with Gasteiger partial charge in [0.1, 0.15) is 0 Å². The third kappa shape index (κ3) is 4.94. The molecule has 5 heteroatoms. The fourth-order valence-electron chi connectivity index (χ4n) is 11.1. The predicted octanol–water partition coefficient (Wildman–Crippen LogP) is 17.4. The van der Waals surface area contributed by atoms with Gasteiger partial charge in [0.15, 0.2) is 0 Å². The van der Waals surface area contributed by atoms with E-state index in [1.807, 2.05) is 22.7 Å². The second-order valence-electron chi connectivity index (χ2n) is 17.2. The zero-order chi connectivity index (χ0) is 42.3. The maximum Gasteiger partial charge on any atom is 0.0542 e. The minimum absolute atomic E-state index is 1.15. The summed E-state index contributed by atoms with van der Waals surface area (Å²) in [7, 11) is 0. The minimum atomic E-state index is 1.15. The molecule has 0 unspecified atom stereocenters. The molecule has 5 aromatic heterocycles. The van der Waals surface area contributed by atoms with Crippen molar-refractivity contribution < 1.29 is 0 Å². The summed E-state index contributed by atoms with van der Waals surface area (Å²) in [6, 6.07) is 78.9. The first-order valence-electron chi connectivity index (χ1n) is 22.2. The van der Waals surface area contributed by atoms with Crippen LogP contribution < -0.4 is 0 Å². The molecule has 0 saturated heterocycles. The second kappa shape index (κ2) is 13.3. The lowest BCUT2D eigenvalue weighted by Crippen LogP contribution is -1.96. The van der Waals surface area contributed by atoms with Crippen molar-refractivity contribution in [2.45, 2.75) is 0 Å². The lowest BCUT2D eigenvalue weighted by molar-refractivity contribution is 1.16. The monoisotopic (exact) mass is 861 g/mol. The Morgan fingerprint density at radius 3 is 1.05 bits per heavy atom. The number of aromatic nitrogens is 3. The molecule has 0 fully saturated rings. The van der Waals surface area contributed by atoms with Crippen molar-refractivity contribution in [1.29, 1.82) is 0 Å². The van der Waals surface area contributed by atoms with Crippen LogP contribution in [0.4, 0.5) is 0 Å². The first-order chi connectivity index (χ1) is 32.2. The molecule has 15 aromatic rings. The van der Waals surface area contributed by atoms with E-state index < -0.39 is 0 Å². The highest BCUT2D eigenvalue weighted by Crippen LogP contribution is 2.46. The van der Waals surface area contributed by atoms with Gasteiger partial charge in [0.25, 0.3) is 0 Å². The highest BCUT2D eigenvalue weighted by molar-refractivity contribution is 7.27. The lowest BCUT2D eigenvalue weighted by Gasteiger charge is -2.11. The summed E-state index contributed by atoms with van der Waals surface area (Å²) < 4.78 is 12.7. The summed E-state index contributed by atoms with van der Waals surface area (Å²) in [6.07, 6.45) is 0. The highest BCUT2D eigenvalue weighted by Gasteiger charge is 2.21. The fourth-order valence-corrected chi connectivity index (χ4v) is 13.5. The van der Waals surface area contributed by atoms with Crippen LogP contribution in [0.1, 0.15) is 0 Å².